The van der Waals surface area contributed by atoms with Crippen LogP contribution in [0.2, 0.25) is 0 Å². The lowest BCUT2D eigenvalue weighted by Gasteiger charge is -2.34. The number of methoxy groups -OCH3 is 1. The minimum absolute atomic E-state index is 0.0797. The molecular formula is C16H20N4O2. The van der Waals surface area contributed by atoms with E-state index in [0.717, 1.165) is 42.8 Å². The molecule has 0 spiro atoms. The number of nitrogens with zero attached hydrogens (tertiary/aromatic N) is 4. The summed E-state index contributed by atoms with van der Waals surface area (Å²) in [4.78, 5) is 6.68. The number of aliphatic hydroxyl groups excluding tert-OH is 1. The van der Waals surface area contributed by atoms with Gasteiger partial charge in [-0.2, -0.15) is 5.10 Å². The molecule has 1 atom stereocenters. The smallest absolute Gasteiger partial charge is 0.246 e. The maximum atomic E-state index is 9.54. The Hall–Kier alpha value is -2.21. The third-order valence-electron chi connectivity index (χ3n) is 4.01. The van der Waals surface area contributed by atoms with Crippen molar-refractivity contribution in [2.45, 2.75) is 25.3 Å². The first-order chi connectivity index (χ1) is 10.8. The average Bonchev–Trinajstić information content (AvgIpc) is 2.62. The Kier molecular flexibility index (Phi) is 4.48. The van der Waals surface area contributed by atoms with E-state index in [0.29, 0.717) is 5.95 Å². The SMILES string of the molecule is COc1cccc(-c2cnnc(N3CCCCC3CO)n2)c1. The van der Waals surface area contributed by atoms with Gasteiger partial charge < -0.3 is 14.7 Å². The fourth-order valence-electron chi connectivity index (χ4n) is 2.79. The molecule has 1 saturated heterocycles. The highest BCUT2D eigenvalue weighted by Crippen LogP contribution is 2.25. The molecule has 1 N–H and O–H groups in total. The molecule has 1 aliphatic rings. The lowest BCUT2D eigenvalue weighted by atomic mass is 10.0. The molecule has 1 aromatic carbocycles. The van der Waals surface area contributed by atoms with Gasteiger partial charge in [0.05, 0.1) is 31.6 Å². The number of hydrogen-bond acceptors (Lipinski definition) is 6. The molecule has 6 nitrogen and oxygen atoms in total. The molecule has 0 saturated carbocycles. The van der Waals surface area contributed by atoms with E-state index < -0.39 is 0 Å². The van der Waals surface area contributed by atoms with E-state index in [1.54, 1.807) is 13.3 Å². The Balaban J connectivity index is 1.91. The van der Waals surface area contributed by atoms with Gasteiger partial charge in [0.1, 0.15) is 5.75 Å². The summed E-state index contributed by atoms with van der Waals surface area (Å²) in [6, 6.07) is 7.79. The Morgan fingerprint density at radius 2 is 2.27 bits per heavy atom. The summed E-state index contributed by atoms with van der Waals surface area (Å²) < 4.78 is 5.25. The first-order valence-corrected chi connectivity index (χ1v) is 7.53. The van der Waals surface area contributed by atoms with Gasteiger partial charge in [-0.1, -0.05) is 12.1 Å². The van der Waals surface area contributed by atoms with Gasteiger partial charge in [0.15, 0.2) is 0 Å². The predicted molar refractivity (Wildman–Crippen MR) is 83.9 cm³/mol. The summed E-state index contributed by atoms with van der Waals surface area (Å²) in [5.41, 5.74) is 1.69. The zero-order chi connectivity index (χ0) is 15.4. The van der Waals surface area contributed by atoms with E-state index in [4.69, 9.17) is 4.74 Å². The third-order valence-corrected chi connectivity index (χ3v) is 4.01. The second kappa shape index (κ2) is 6.70. The van der Waals surface area contributed by atoms with Crippen LogP contribution in [0, 0.1) is 0 Å². The van der Waals surface area contributed by atoms with Crippen molar-refractivity contribution < 1.29 is 9.84 Å². The van der Waals surface area contributed by atoms with Crippen LogP contribution in [0.5, 0.6) is 5.75 Å². The van der Waals surface area contributed by atoms with Crippen LogP contribution in [0.4, 0.5) is 5.95 Å². The molecule has 2 aromatic rings. The van der Waals surface area contributed by atoms with Crippen LogP contribution in [0.25, 0.3) is 11.3 Å². The number of piperidine rings is 1. The van der Waals surface area contributed by atoms with Gasteiger partial charge >= 0.3 is 0 Å². The third kappa shape index (κ3) is 3.01. The zero-order valence-corrected chi connectivity index (χ0v) is 12.6. The molecule has 1 fully saturated rings. The minimum atomic E-state index is 0.0797. The van der Waals surface area contributed by atoms with E-state index in [9.17, 15) is 5.11 Å². The fourth-order valence-corrected chi connectivity index (χ4v) is 2.79. The van der Waals surface area contributed by atoms with E-state index in [-0.39, 0.29) is 12.6 Å². The van der Waals surface area contributed by atoms with Crippen LogP contribution in [0.1, 0.15) is 19.3 Å². The van der Waals surface area contributed by atoms with Crippen molar-refractivity contribution in [3.05, 3.63) is 30.5 Å². The van der Waals surface area contributed by atoms with Crippen molar-refractivity contribution in [2.75, 3.05) is 25.2 Å². The van der Waals surface area contributed by atoms with Crippen molar-refractivity contribution >= 4 is 5.95 Å². The van der Waals surface area contributed by atoms with Crippen LogP contribution < -0.4 is 9.64 Å². The molecule has 0 amide bonds. The van der Waals surface area contributed by atoms with Crippen LogP contribution in [-0.4, -0.2) is 46.6 Å². The quantitative estimate of drug-likeness (QED) is 0.930. The number of aliphatic hydroxyl groups is 1. The largest absolute Gasteiger partial charge is 0.497 e. The molecule has 1 aliphatic heterocycles. The second-order valence-electron chi connectivity index (χ2n) is 5.40. The standard InChI is InChI=1S/C16H20N4O2/c1-22-14-7-4-5-12(9-14)15-10-17-19-16(18-15)20-8-3-2-6-13(20)11-21/h4-5,7,9-10,13,21H,2-3,6,8,11H2,1H3. The summed E-state index contributed by atoms with van der Waals surface area (Å²) in [6.07, 6.45) is 4.83. The van der Waals surface area contributed by atoms with Crippen LogP contribution in [-0.2, 0) is 0 Å². The Bertz CT molecular complexity index is 635. The molecule has 3 rings (SSSR count). The number of ether oxygens (including phenoxy) is 1. The number of hydrogen-bond donors (Lipinski definition) is 1. The van der Waals surface area contributed by atoms with Crippen molar-refractivity contribution in [1.29, 1.82) is 0 Å². The van der Waals surface area contributed by atoms with Gasteiger partial charge in [-0.3, -0.25) is 0 Å². The molecule has 0 bridgehead atoms. The lowest BCUT2D eigenvalue weighted by molar-refractivity contribution is 0.238. The minimum Gasteiger partial charge on any atom is -0.497 e. The highest BCUT2D eigenvalue weighted by molar-refractivity contribution is 5.61. The first-order valence-electron chi connectivity index (χ1n) is 7.53. The Morgan fingerprint density at radius 3 is 3.09 bits per heavy atom. The number of aromatic nitrogens is 3. The molecule has 0 aliphatic carbocycles. The summed E-state index contributed by atoms with van der Waals surface area (Å²) >= 11 is 0. The molecular weight excluding hydrogens is 280 g/mol. The average molecular weight is 300 g/mol. The lowest BCUT2D eigenvalue weighted by Crippen LogP contribution is -2.43. The number of benzene rings is 1. The van der Waals surface area contributed by atoms with E-state index in [2.05, 4.69) is 20.1 Å². The monoisotopic (exact) mass is 300 g/mol. The van der Waals surface area contributed by atoms with Gasteiger partial charge in [-0.15, -0.1) is 5.10 Å². The zero-order valence-electron chi connectivity index (χ0n) is 12.6. The Labute approximate surface area is 129 Å². The van der Waals surface area contributed by atoms with Crippen molar-refractivity contribution in [2.24, 2.45) is 0 Å². The van der Waals surface area contributed by atoms with Gasteiger partial charge in [0, 0.05) is 12.1 Å². The highest BCUT2D eigenvalue weighted by Gasteiger charge is 2.24. The second-order valence-corrected chi connectivity index (χ2v) is 5.40. The molecule has 1 aromatic heterocycles. The van der Waals surface area contributed by atoms with Crippen molar-refractivity contribution in [1.82, 2.24) is 15.2 Å². The van der Waals surface area contributed by atoms with Crippen molar-refractivity contribution in [3.8, 4) is 17.0 Å². The highest BCUT2D eigenvalue weighted by atomic mass is 16.5. The molecule has 6 heteroatoms. The van der Waals surface area contributed by atoms with Gasteiger partial charge in [0.25, 0.3) is 0 Å². The van der Waals surface area contributed by atoms with E-state index >= 15 is 0 Å². The maximum Gasteiger partial charge on any atom is 0.246 e. The Morgan fingerprint density at radius 1 is 1.36 bits per heavy atom. The summed E-state index contributed by atoms with van der Waals surface area (Å²) in [5.74, 6) is 1.36. The van der Waals surface area contributed by atoms with Crippen LogP contribution in [0.3, 0.4) is 0 Å². The normalized spacial score (nSPS) is 18.3. The molecule has 1 unspecified atom stereocenters. The van der Waals surface area contributed by atoms with E-state index in [1.165, 1.54) is 0 Å². The van der Waals surface area contributed by atoms with Crippen LogP contribution >= 0.6 is 0 Å². The number of anilines is 1. The summed E-state index contributed by atoms with van der Waals surface area (Å²) in [7, 11) is 1.64. The summed E-state index contributed by atoms with van der Waals surface area (Å²) in [5, 5.41) is 17.8. The first kappa shape index (κ1) is 14.7. The molecule has 22 heavy (non-hydrogen) atoms. The molecule has 2 heterocycles. The molecule has 0 radical (unpaired) electrons. The summed E-state index contributed by atoms with van der Waals surface area (Å²) in [6.45, 7) is 0.973. The topological polar surface area (TPSA) is 71.4 Å². The number of rotatable bonds is 4. The maximum absolute atomic E-state index is 9.54. The van der Waals surface area contributed by atoms with E-state index in [1.807, 2.05) is 24.3 Å². The van der Waals surface area contributed by atoms with Crippen LogP contribution in [0.15, 0.2) is 30.5 Å². The fraction of sp³-hybridized carbons (Fsp3) is 0.438. The van der Waals surface area contributed by atoms with Crippen molar-refractivity contribution in [3.63, 3.8) is 0 Å². The molecule has 116 valence electrons. The predicted octanol–water partition coefficient (Wildman–Crippen LogP) is 1.90. The van der Waals surface area contributed by atoms with Gasteiger partial charge in [-0.05, 0) is 31.4 Å². The van der Waals surface area contributed by atoms with Gasteiger partial charge in [-0.25, -0.2) is 4.98 Å². The van der Waals surface area contributed by atoms with Gasteiger partial charge in [0.2, 0.25) is 5.95 Å².